The van der Waals surface area contributed by atoms with E-state index in [1.165, 1.54) is 4.90 Å². The molecule has 0 unspecified atom stereocenters. The number of carbonyl (C=O) groups excluding carboxylic acids is 2. The number of halogens is 2. The summed E-state index contributed by atoms with van der Waals surface area (Å²) in [6, 6.07) is 12.4. The van der Waals surface area contributed by atoms with E-state index >= 15 is 0 Å². The Morgan fingerprint density at radius 1 is 1.14 bits per heavy atom. The van der Waals surface area contributed by atoms with Crippen molar-refractivity contribution in [3.63, 3.8) is 0 Å². The van der Waals surface area contributed by atoms with E-state index in [0.717, 1.165) is 21.8 Å². The smallest absolute Gasteiger partial charge is 0.341 e. The van der Waals surface area contributed by atoms with Crippen molar-refractivity contribution in [2.75, 3.05) is 6.61 Å². The molecule has 9 heteroatoms. The second-order valence-corrected chi connectivity index (χ2v) is 8.53. The van der Waals surface area contributed by atoms with E-state index in [-0.39, 0.29) is 17.7 Å². The monoisotopic (exact) mass is 525 g/mol. The third kappa shape index (κ3) is 5.03. The summed E-state index contributed by atoms with van der Waals surface area (Å²) >= 11 is 7.56. The first-order valence-electron chi connectivity index (χ1n) is 7.97. The number of carboxylic acids is 1. The molecule has 0 bridgehead atoms. The van der Waals surface area contributed by atoms with Crippen molar-refractivity contribution in [2.24, 2.45) is 0 Å². The molecule has 0 spiro atoms. The molecule has 2 aromatic carbocycles. The van der Waals surface area contributed by atoms with Crippen LogP contribution in [0, 0.1) is 0 Å². The molecule has 28 heavy (non-hydrogen) atoms. The van der Waals surface area contributed by atoms with Crippen LogP contribution in [0.4, 0.5) is 4.79 Å². The maximum absolute atomic E-state index is 12.6. The molecule has 144 valence electrons. The number of thioether (sulfide) groups is 1. The van der Waals surface area contributed by atoms with Crippen LogP contribution in [-0.2, 0) is 16.1 Å². The summed E-state index contributed by atoms with van der Waals surface area (Å²) in [5.74, 6) is -1.04. The molecule has 0 atom stereocenters. The van der Waals surface area contributed by atoms with Gasteiger partial charge in [-0.2, -0.15) is 0 Å². The molecular formula is C19H13Br2NO5S. The van der Waals surface area contributed by atoms with E-state index in [1.54, 1.807) is 24.3 Å². The first-order chi connectivity index (χ1) is 13.3. The van der Waals surface area contributed by atoms with Crippen molar-refractivity contribution in [1.29, 1.82) is 0 Å². The molecule has 0 aliphatic carbocycles. The van der Waals surface area contributed by atoms with Gasteiger partial charge < -0.3 is 9.84 Å². The second kappa shape index (κ2) is 8.93. The maximum atomic E-state index is 12.6. The number of ether oxygens (including phenoxy) is 1. The minimum Gasteiger partial charge on any atom is -0.481 e. The number of rotatable bonds is 6. The van der Waals surface area contributed by atoms with Crippen LogP contribution in [0.15, 0.2) is 56.3 Å². The molecule has 1 N–H and O–H groups in total. The van der Waals surface area contributed by atoms with Gasteiger partial charge in [-0.05, 0) is 69.2 Å². The van der Waals surface area contributed by atoms with Gasteiger partial charge in [0.2, 0.25) is 0 Å². The number of carbonyl (C=O) groups is 3. The Morgan fingerprint density at radius 3 is 2.50 bits per heavy atom. The standard InChI is InChI=1S/C19H13Br2NO5S/c20-13-4-1-11(2-5-13)9-22-18(25)16(28-19(22)26)8-12-3-6-15(14(21)7-12)27-10-17(23)24/h1-8H,9-10H2,(H,23,24)/b16-8-. The van der Waals surface area contributed by atoms with Crippen LogP contribution in [0.5, 0.6) is 5.75 Å². The summed E-state index contributed by atoms with van der Waals surface area (Å²) in [6.45, 7) is -0.242. The Labute approximate surface area is 181 Å². The molecule has 2 aromatic rings. The van der Waals surface area contributed by atoms with Gasteiger partial charge in [0.05, 0.1) is 15.9 Å². The number of amides is 2. The normalized spacial score (nSPS) is 15.4. The van der Waals surface area contributed by atoms with Crippen LogP contribution in [0.3, 0.4) is 0 Å². The lowest BCUT2D eigenvalue weighted by Crippen LogP contribution is -2.27. The molecular weight excluding hydrogens is 514 g/mol. The van der Waals surface area contributed by atoms with Gasteiger partial charge in [-0.1, -0.05) is 34.1 Å². The van der Waals surface area contributed by atoms with Gasteiger partial charge in [-0.3, -0.25) is 14.5 Å². The Hall–Kier alpha value is -2.10. The fourth-order valence-electron chi connectivity index (χ4n) is 2.42. The minimum atomic E-state index is -1.07. The second-order valence-electron chi connectivity index (χ2n) is 5.77. The number of carboxylic acid groups (broad SMARTS) is 1. The summed E-state index contributed by atoms with van der Waals surface area (Å²) in [5.41, 5.74) is 1.54. The number of nitrogens with zero attached hydrogens (tertiary/aromatic N) is 1. The quantitative estimate of drug-likeness (QED) is 0.538. The van der Waals surface area contributed by atoms with Crippen LogP contribution in [0.2, 0.25) is 0 Å². The highest BCUT2D eigenvalue weighted by molar-refractivity contribution is 9.10. The molecule has 0 aromatic heterocycles. The number of hydrogen-bond donors (Lipinski definition) is 1. The fourth-order valence-corrected chi connectivity index (χ4v) is 4.04. The highest BCUT2D eigenvalue weighted by atomic mass is 79.9. The third-order valence-corrected chi connectivity index (χ3v) is 5.79. The van der Waals surface area contributed by atoms with Crippen LogP contribution in [0.1, 0.15) is 11.1 Å². The van der Waals surface area contributed by atoms with E-state index in [9.17, 15) is 14.4 Å². The summed E-state index contributed by atoms with van der Waals surface area (Å²) in [7, 11) is 0. The van der Waals surface area contributed by atoms with Gasteiger partial charge in [0.1, 0.15) is 5.75 Å². The first kappa shape index (κ1) is 20.6. The average molecular weight is 527 g/mol. The zero-order valence-electron chi connectivity index (χ0n) is 14.2. The van der Waals surface area contributed by atoms with Crippen LogP contribution in [-0.4, -0.2) is 33.7 Å². The molecule has 2 amide bonds. The Bertz CT molecular complexity index is 975. The van der Waals surface area contributed by atoms with E-state index in [2.05, 4.69) is 31.9 Å². The van der Waals surface area contributed by atoms with Gasteiger partial charge in [0.25, 0.3) is 11.1 Å². The SMILES string of the molecule is O=C(O)COc1ccc(/C=C2\SC(=O)N(Cc3ccc(Br)cc3)C2=O)cc1Br. The van der Waals surface area contributed by atoms with Crippen molar-refractivity contribution in [2.45, 2.75) is 6.54 Å². The average Bonchev–Trinajstić information content (AvgIpc) is 2.90. The van der Waals surface area contributed by atoms with E-state index in [4.69, 9.17) is 9.84 Å². The van der Waals surface area contributed by atoms with Gasteiger partial charge >= 0.3 is 5.97 Å². The van der Waals surface area contributed by atoms with Gasteiger partial charge in [-0.25, -0.2) is 4.79 Å². The van der Waals surface area contributed by atoms with Crippen molar-refractivity contribution in [1.82, 2.24) is 4.90 Å². The molecule has 1 aliphatic heterocycles. The van der Waals surface area contributed by atoms with Crippen molar-refractivity contribution >= 4 is 66.8 Å². The molecule has 1 aliphatic rings. The third-order valence-electron chi connectivity index (χ3n) is 3.73. The largest absolute Gasteiger partial charge is 0.481 e. The van der Waals surface area contributed by atoms with Crippen molar-refractivity contribution < 1.29 is 24.2 Å². The van der Waals surface area contributed by atoms with Crippen LogP contribution >= 0.6 is 43.6 Å². The summed E-state index contributed by atoms with van der Waals surface area (Å²) in [5, 5.41) is 8.36. The van der Waals surface area contributed by atoms with Crippen LogP contribution < -0.4 is 4.74 Å². The lowest BCUT2D eigenvalue weighted by Gasteiger charge is -2.12. The van der Waals surface area contributed by atoms with E-state index < -0.39 is 12.6 Å². The predicted octanol–water partition coefficient (Wildman–Crippen LogP) is 4.91. The molecule has 1 fully saturated rings. The van der Waals surface area contributed by atoms with Crippen molar-refractivity contribution in [3.8, 4) is 5.75 Å². The summed E-state index contributed by atoms with van der Waals surface area (Å²) in [4.78, 5) is 37.0. The summed E-state index contributed by atoms with van der Waals surface area (Å²) < 4.78 is 6.62. The zero-order chi connectivity index (χ0) is 20.3. The lowest BCUT2D eigenvalue weighted by atomic mass is 10.2. The Morgan fingerprint density at radius 2 is 1.86 bits per heavy atom. The number of benzene rings is 2. The molecule has 6 nitrogen and oxygen atoms in total. The van der Waals surface area contributed by atoms with Crippen molar-refractivity contribution in [3.05, 3.63) is 67.4 Å². The molecule has 1 heterocycles. The highest BCUT2D eigenvalue weighted by Crippen LogP contribution is 2.34. The predicted molar refractivity (Wildman–Crippen MR) is 113 cm³/mol. The molecule has 0 radical (unpaired) electrons. The number of aliphatic carboxylic acids is 1. The van der Waals surface area contributed by atoms with Gasteiger partial charge in [0, 0.05) is 4.47 Å². The van der Waals surface area contributed by atoms with Gasteiger partial charge in [-0.15, -0.1) is 0 Å². The molecule has 0 saturated carbocycles. The molecule has 3 rings (SSSR count). The highest BCUT2D eigenvalue weighted by Gasteiger charge is 2.34. The maximum Gasteiger partial charge on any atom is 0.341 e. The lowest BCUT2D eigenvalue weighted by molar-refractivity contribution is -0.139. The van der Waals surface area contributed by atoms with Crippen LogP contribution in [0.25, 0.3) is 6.08 Å². The number of hydrogen-bond acceptors (Lipinski definition) is 5. The molecule has 1 saturated heterocycles. The topological polar surface area (TPSA) is 83.9 Å². The number of imide groups is 1. The zero-order valence-corrected chi connectivity index (χ0v) is 18.2. The minimum absolute atomic E-state index is 0.209. The van der Waals surface area contributed by atoms with E-state index in [0.29, 0.717) is 20.7 Å². The fraction of sp³-hybridized carbons (Fsp3) is 0.105. The Kier molecular flexibility index (Phi) is 6.58. The summed E-state index contributed by atoms with van der Waals surface area (Å²) in [6.07, 6.45) is 1.62. The first-order valence-corrected chi connectivity index (χ1v) is 10.4. The Balaban J connectivity index is 1.75. The van der Waals surface area contributed by atoms with Gasteiger partial charge in [0.15, 0.2) is 6.61 Å². The van der Waals surface area contributed by atoms with E-state index in [1.807, 2.05) is 24.3 Å².